The number of Topliss-reactive ketones (excluding diaryl/α,β-unsaturated/α-hetero) is 1. The number of urea groups is 1. The maximum atomic E-state index is 10.8. The molecule has 13 heavy (non-hydrogen) atoms. The van der Waals surface area contributed by atoms with E-state index in [9.17, 15) is 14.4 Å². The van der Waals surface area contributed by atoms with Gasteiger partial charge in [-0.05, 0) is 6.92 Å². The van der Waals surface area contributed by atoms with E-state index in [4.69, 9.17) is 0 Å². The smallest absolute Gasteiger partial charge is 0.376 e. The van der Waals surface area contributed by atoms with Crippen LogP contribution in [0.1, 0.15) is 6.92 Å². The third-order valence-corrected chi connectivity index (χ3v) is 0.964. The van der Waals surface area contributed by atoms with Gasteiger partial charge in [-0.15, -0.1) is 0 Å². The van der Waals surface area contributed by atoms with Crippen LogP contribution in [0.15, 0.2) is 0 Å². The van der Waals surface area contributed by atoms with E-state index in [0.29, 0.717) is 0 Å². The van der Waals surface area contributed by atoms with Crippen molar-refractivity contribution in [2.24, 2.45) is 5.73 Å². The first kappa shape index (κ1) is 11.4. The molecule has 0 rings (SSSR count). The average Bonchev–Trinajstić information content (AvgIpc) is 2.04. The molecule has 0 unspecified atom stereocenters. The Balaban J connectivity index is 3.62. The van der Waals surface area contributed by atoms with Crippen molar-refractivity contribution in [3.8, 4) is 0 Å². The van der Waals surface area contributed by atoms with Crippen molar-refractivity contribution in [3.63, 3.8) is 0 Å². The zero-order valence-electron chi connectivity index (χ0n) is 7.12. The minimum absolute atomic E-state index is 0.133. The van der Waals surface area contributed by atoms with Gasteiger partial charge in [-0.25, -0.2) is 15.0 Å². The first-order valence-electron chi connectivity index (χ1n) is 3.56. The van der Waals surface area contributed by atoms with Crippen LogP contribution < -0.4 is 16.6 Å². The van der Waals surface area contributed by atoms with Crippen LogP contribution in [0, 0.1) is 0 Å². The zero-order chi connectivity index (χ0) is 10.3. The molecule has 0 radical (unpaired) electrons. The summed E-state index contributed by atoms with van der Waals surface area (Å²) < 4.78 is 4.39. The van der Waals surface area contributed by atoms with Gasteiger partial charge < -0.3 is 10.5 Å². The summed E-state index contributed by atoms with van der Waals surface area (Å²) in [7, 11) is 0. The van der Waals surface area contributed by atoms with Crippen LogP contribution in [-0.4, -0.2) is 30.9 Å². The third-order valence-electron chi connectivity index (χ3n) is 0.964. The molecule has 0 atom stereocenters. The largest absolute Gasteiger partial charge is 0.460 e. The highest BCUT2D eigenvalue weighted by Gasteiger charge is 2.13. The van der Waals surface area contributed by atoms with E-state index in [-0.39, 0.29) is 13.2 Å². The zero-order valence-corrected chi connectivity index (χ0v) is 7.12. The number of carbonyl (C=O) groups excluding carboxylic acids is 3. The lowest BCUT2D eigenvalue weighted by Gasteiger charge is -2.02. The lowest BCUT2D eigenvalue weighted by molar-refractivity contribution is -0.153. The van der Waals surface area contributed by atoms with Crippen LogP contribution in [-0.2, 0) is 14.3 Å². The summed E-state index contributed by atoms with van der Waals surface area (Å²) in [5, 5.41) is 0. The van der Waals surface area contributed by atoms with Gasteiger partial charge in [-0.2, -0.15) is 0 Å². The number of esters is 1. The number of hydrogen-bond donors (Lipinski definition) is 3. The maximum absolute atomic E-state index is 10.8. The minimum Gasteiger partial charge on any atom is -0.460 e. The van der Waals surface area contributed by atoms with Crippen molar-refractivity contribution < 1.29 is 19.1 Å². The molecule has 0 fully saturated rings. The van der Waals surface area contributed by atoms with Gasteiger partial charge in [-0.3, -0.25) is 10.2 Å². The van der Waals surface area contributed by atoms with Crippen molar-refractivity contribution in [1.82, 2.24) is 10.9 Å². The number of hydrazine groups is 1. The van der Waals surface area contributed by atoms with Gasteiger partial charge in [0.15, 0.2) is 0 Å². The molecule has 0 aromatic carbocycles. The summed E-state index contributed by atoms with van der Waals surface area (Å²) in [6.45, 7) is 1.37. The summed E-state index contributed by atoms with van der Waals surface area (Å²) >= 11 is 0. The van der Waals surface area contributed by atoms with Crippen molar-refractivity contribution >= 4 is 17.8 Å². The summed E-state index contributed by atoms with van der Waals surface area (Å²) in [6.07, 6.45) is 0. The van der Waals surface area contributed by atoms with Crippen LogP contribution in [0.5, 0.6) is 0 Å². The summed E-state index contributed by atoms with van der Waals surface area (Å²) in [4.78, 5) is 31.5. The van der Waals surface area contributed by atoms with Crippen molar-refractivity contribution in [3.05, 3.63) is 0 Å². The molecule has 0 aliphatic rings. The fourth-order valence-electron chi connectivity index (χ4n) is 0.495. The van der Waals surface area contributed by atoms with Gasteiger partial charge in [0.05, 0.1) is 13.2 Å². The van der Waals surface area contributed by atoms with Gasteiger partial charge in [0.25, 0.3) is 5.78 Å². The standard InChI is InChI=1S/C6H11N3O4/c1-2-13-5(11)4(10)3-8-9-6(7)12/h8H,2-3H2,1H3,(H3,7,9,12). The number of ketones is 1. The van der Waals surface area contributed by atoms with Gasteiger partial charge in [0, 0.05) is 0 Å². The second-order valence-electron chi connectivity index (χ2n) is 1.99. The van der Waals surface area contributed by atoms with Gasteiger partial charge >= 0.3 is 12.0 Å². The quantitative estimate of drug-likeness (QED) is 0.271. The molecule has 0 aliphatic carbocycles. The fourth-order valence-corrected chi connectivity index (χ4v) is 0.495. The second kappa shape index (κ2) is 5.95. The first-order chi connectivity index (χ1) is 6.07. The Labute approximate surface area is 74.6 Å². The molecule has 74 valence electrons. The fraction of sp³-hybridized carbons (Fsp3) is 0.500. The molecule has 7 heteroatoms. The predicted molar refractivity (Wildman–Crippen MR) is 42.4 cm³/mol. The third kappa shape index (κ3) is 5.62. The van der Waals surface area contributed by atoms with Crippen molar-refractivity contribution in [2.45, 2.75) is 6.92 Å². The van der Waals surface area contributed by atoms with Gasteiger partial charge in [-0.1, -0.05) is 0 Å². The predicted octanol–water partition coefficient (Wildman–Crippen LogP) is -1.71. The minimum atomic E-state index is -0.943. The van der Waals surface area contributed by atoms with Gasteiger partial charge in [0.1, 0.15) is 0 Å². The molecule has 7 nitrogen and oxygen atoms in total. The lowest BCUT2D eigenvalue weighted by Crippen LogP contribution is -2.44. The molecule has 2 amide bonds. The van der Waals surface area contributed by atoms with Crippen LogP contribution in [0.4, 0.5) is 4.79 Å². The molecule has 0 saturated carbocycles. The summed E-state index contributed by atoms with van der Waals surface area (Å²) in [5.41, 5.74) is 8.76. The average molecular weight is 189 g/mol. The molecular formula is C6H11N3O4. The normalized spacial score (nSPS) is 9.00. The highest BCUT2D eigenvalue weighted by Crippen LogP contribution is 1.78. The number of amides is 2. The number of rotatable bonds is 5. The van der Waals surface area contributed by atoms with E-state index in [1.54, 1.807) is 6.92 Å². The van der Waals surface area contributed by atoms with E-state index in [1.165, 1.54) is 0 Å². The Morgan fingerprint density at radius 3 is 2.46 bits per heavy atom. The SMILES string of the molecule is CCOC(=O)C(=O)CNNC(N)=O. The van der Waals surface area contributed by atoms with Crippen molar-refractivity contribution in [2.75, 3.05) is 13.2 Å². The van der Waals surface area contributed by atoms with Crippen LogP contribution >= 0.6 is 0 Å². The Hall–Kier alpha value is -1.63. The highest BCUT2D eigenvalue weighted by atomic mass is 16.5. The van der Waals surface area contributed by atoms with Crippen LogP contribution in [0.25, 0.3) is 0 Å². The lowest BCUT2D eigenvalue weighted by atomic mass is 10.4. The van der Waals surface area contributed by atoms with E-state index in [2.05, 4.69) is 15.9 Å². The number of ether oxygens (including phenoxy) is 1. The molecule has 0 aromatic rings. The number of primary amides is 1. The van der Waals surface area contributed by atoms with E-state index < -0.39 is 17.8 Å². The maximum Gasteiger partial charge on any atom is 0.376 e. The molecule has 0 aliphatic heterocycles. The molecular weight excluding hydrogens is 178 g/mol. The van der Waals surface area contributed by atoms with Crippen LogP contribution in [0.3, 0.4) is 0 Å². The molecule has 0 heterocycles. The Morgan fingerprint density at radius 1 is 1.38 bits per heavy atom. The first-order valence-corrected chi connectivity index (χ1v) is 3.56. The van der Waals surface area contributed by atoms with E-state index >= 15 is 0 Å². The number of nitrogens with two attached hydrogens (primary N) is 1. The van der Waals surface area contributed by atoms with Crippen molar-refractivity contribution in [1.29, 1.82) is 0 Å². The Morgan fingerprint density at radius 2 is 2.00 bits per heavy atom. The monoisotopic (exact) mass is 189 g/mol. The molecule has 4 N–H and O–H groups in total. The highest BCUT2D eigenvalue weighted by molar-refractivity contribution is 6.34. The molecule has 0 bridgehead atoms. The molecule has 0 aromatic heterocycles. The Kier molecular flexibility index (Phi) is 5.20. The van der Waals surface area contributed by atoms with E-state index in [0.717, 1.165) is 0 Å². The van der Waals surface area contributed by atoms with Crippen LogP contribution in [0.2, 0.25) is 0 Å². The number of nitrogens with one attached hydrogen (secondary N) is 2. The number of carbonyl (C=O) groups is 3. The molecule has 0 spiro atoms. The Bertz CT molecular complexity index is 216. The summed E-state index contributed by atoms with van der Waals surface area (Å²) in [5.74, 6) is -1.73. The molecule has 0 saturated heterocycles. The van der Waals surface area contributed by atoms with Gasteiger partial charge in [0.2, 0.25) is 0 Å². The summed E-state index contributed by atoms with van der Waals surface area (Å²) in [6, 6.07) is -0.836. The topological polar surface area (TPSA) is 111 Å². The van der Waals surface area contributed by atoms with E-state index in [1.807, 2.05) is 5.43 Å². The second-order valence-corrected chi connectivity index (χ2v) is 1.99. The number of hydrogen-bond acceptors (Lipinski definition) is 5.